The van der Waals surface area contributed by atoms with Crippen molar-refractivity contribution in [2.75, 3.05) is 26.2 Å². The maximum atomic E-state index is 4.79. The van der Waals surface area contributed by atoms with E-state index in [-0.39, 0.29) is 0 Å². The molecule has 142 valence electrons. The van der Waals surface area contributed by atoms with Gasteiger partial charge >= 0.3 is 0 Å². The highest BCUT2D eigenvalue weighted by molar-refractivity contribution is 7.11. The highest BCUT2D eigenvalue weighted by Crippen LogP contribution is 2.27. The number of nitrogens with zero attached hydrogens (tertiary/aromatic N) is 3. The lowest BCUT2D eigenvalue weighted by Crippen LogP contribution is -2.42. The van der Waals surface area contributed by atoms with E-state index in [0.717, 1.165) is 29.8 Å². The average molecular weight is 392 g/mol. The van der Waals surface area contributed by atoms with Crippen molar-refractivity contribution in [2.24, 2.45) is 4.99 Å². The van der Waals surface area contributed by atoms with Gasteiger partial charge in [-0.2, -0.15) is 0 Å². The van der Waals surface area contributed by atoms with Gasteiger partial charge in [-0.1, -0.05) is 6.07 Å². The van der Waals surface area contributed by atoms with Gasteiger partial charge in [0, 0.05) is 22.8 Å². The molecule has 0 saturated carbocycles. The minimum Gasteiger partial charge on any atom is -0.357 e. The van der Waals surface area contributed by atoms with Crippen LogP contribution in [0.25, 0.3) is 0 Å². The van der Waals surface area contributed by atoms with Crippen LogP contribution < -0.4 is 10.6 Å². The summed E-state index contributed by atoms with van der Waals surface area (Å²) in [5.74, 6) is 0.888. The number of hydrogen-bond donors (Lipinski definition) is 2. The Bertz CT molecular complexity index is 702. The minimum absolute atomic E-state index is 0.425. The molecule has 3 heterocycles. The molecule has 1 fully saturated rings. The van der Waals surface area contributed by atoms with Crippen molar-refractivity contribution in [3.05, 3.63) is 38.0 Å². The summed E-state index contributed by atoms with van der Waals surface area (Å²) in [6.45, 7) is 11.0. The van der Waals surface area contributed by atoms with Gasteiger partial charge in [0.05, 0.1) is 23.3 Å². The maximum Gasteiger partial charge on any atom is 0.191 e. The molecule has 2 N–H and O–H groups in total. The molecule has 0 aliphatic carbocycles. The summed E-state index contributed by atoms with van der Waals surface area (Å²) in [5.41, 5.74) is 1.10. The van der Waals surface area contributed by atoms with Crippen molar-refractivity contribution in [3.63, 3.8) is 0 Å². The number of thiazole rings is 1. The first-order chi connectivity index (χ1) is 12.7. The van der Waals surface area contributed by atoms with Crippen LogP contribution in [0.3, 0.4) is 0 Å². The number of guanidine groups is 1. The van der Waals surface area contributed by atoms with Crippen molar-refractivity contribution >= 4 is 28.6 Å². The van der Waals surface area contributed by atoms with Crippen LogP contribution in [0.1, 0.15) is 46.3 Å². The normalized spacial score (nSPS) is 16.8. The number of rotatable bonds is 7. The largest absolute Gasteiger partial charge is 0.357 e. The number of nitrogens with one attached hydrogen (secondary N) is 2. The fourth-order valence-corrected chi connectivity index (χ4v) is 5.07. The summed E-state index contributed by atoms with van der Waals surface area (Å²) in [6, 6.07) is 4.83. The van der Waals surface area contributed by atoms with E-state index < -0.39 is 0 Å². The van der Waals surface area contributed by atoms with E-state index in [2.05, 4.69) is 58.8 Å². The van der Waals surface area contributed by atoms with E-state index in [1.807, 2.05) is 11.3 Å². The van der Waals surface area contributed by atoms with Crippen molar-refractivity contribution in [2.45, 2.75) is 46.2 Å². The summed E-state index contributed by atoms with van der Waals surface area (Å²) >= 11 is 3.59. The smallest absolute Gasteiger partial charge is 0.191 e. The average Bonchev–Trinajstić information content (AvgIpc) is 3.36. The molecule has 1 atom stereocenters. The van der Waals surface area contributed by atoms with Gasteiger partial charge in [0.1, 0.15) is 0 Å². The molecule has 0 aromatic carbocycles. The zero-order valence-corrected chi connectivity index (χ0v) is 17.6. The number of hydrogen-bond acceptors (Lipinski definition) is 5. The molecule has 1 unspecified atom stereocenters. The molecule has 0 spiro atoms. The van der Waals surface area contributed by atoms with E-state index in [1.54, 1.807) is 11.3 Å². The molecule has 1 aliphatic rings. The Hall–Kier alpha value is -1.44. The van der Waals surface area contributed by atoms with Crippen molar-refractivity contribution < 1.29 is 0 Å². The van der Waals surface area contributed by atoms with Crippen molar-refractivity contribution in [3.8, 4) is 0 Å². The monoisotopic (exact) mass is 391 g/mol. The number of aromatic nitrogens is 1. The van der Waals surface area contributed by atoms with Crippen LogP contribution in [-0.2, 0) is 6.54 Å². The van der Waals surface area contributed by atoms with E-state index >= 15 is 0 Å². The second-order valence-corrected chi connectivity index (χ2v) is 8.86. The highest BCUT2D eigenvalue weighted by Gasteiger charge is 2.24. The van der Waals surface area contributed by atoms with E-state index in [4.69, 9.17) is 4.99 Å². The molecule has 0 bridgehead atoms. The lowest BCUT2D eigenvalue weighted by atomic mass is 10.2. The topological polar surface area (TPSA) is 52.6 Å². The summed E-state index contributed by atoms with van der Waals surface area (Å²) < 4.78 is 0. The Morgan fingerprint density at radius 3 is 2.73 bits per heavy atom. The molecule has 1 aliphatic heterocycles. The first kappa shape index (κ1) is 19.3. The van der Waals surface area contributed by atoms with Crippen LogP contribution in [0, 0.1) is 13.8 Å². The third-order valence-electron chi connectivity index (χ3n) is 4.64. The number of aliphatic imine (C=N–C) groups is 1. The fourth-order valence-electron chi connectivity index (χ4n) is 3.35. The third-order valence-corrected chi connectivity index (χ3v) is 6.67. The highest BCUT2D eigenvalue weighted by atomic mass is 32.1. The van der Waals surface area contributed by atoms with Crippen LogP contribution in [0.4, 0.5) is 0 Å². The molecule has 0 radical (unpaired) electrons. The van der Waals surface area contributed by atoms with E-state index in [1.165, 1.54) is 35.7 Å². The van der Waals surface area contributed by atoms with Crippen LogP contribution in [-0.4, -0.2) is 42.0 Å². The van der Waals surface area contributed by atoms with E-state index in [9.17, 15) is 0 Å². The lowest BCUT2D eigenvalue weighted by Gasteiger charge is -2.27. The maximum absolute atomic E-state index is 4.79. The zero-order valence-electron chi connectivity index (χ0n) is 15.9. The van der Waals surface area contributed by atoms with Gasteiger partial charge in [-0.15, -0.1) is 22.7 Å². The van der Waals surface area contributed by atoms with Gasteiger partial charge in [-0.25, -0.2) is 9.98 Å². The van der Waals surface area contributed by atoms with Gasteiger partial charge in [-0.05, 0) is 58.1 Å². The SMILES string of the molecule is CCNC(=NCc1sc(C)nc1C)NCC(c1cccs1)N1CCCC1. The third kappa shape index (κ3) is 5.05. The summed E-state index contributed by atoms with van der Waals surface area (Å²) in [4.78, 5) is 14.6. The first-order valence-electron chi connectivity index (χ1n) is 9.40. The second-order valence-electron chi connectivity index (χ2n) is 6.59. The Morgan fingerprint density at radius 2 is 2.12 bits per heavy atom. The molecule has 3 rings (SSSR count). The standard InChI is InChI=1S/C19H29N5S2/c1-4-20-19(22-13-18-14(2)23-15(3)26-18)21-12-16(17-8-7-11-25-17)24-9-5-6-10-24/h7-8,11,16H,4-6,9-10,12-13H2,1-3H3,(H2,20,21,22). The Morgan fingerprint density at radius 1 is 1.31 bits per heavy atom. The van der Waals surface area contributed by atoms with Crippen molar-refractivity contribution in [1.82, 2.24) is 20.5 Å². The molecule has 2 aromatic rings. The van der Waals surface area contributed by atoms with Gasteiger partial charge in [-0.3, -0.25) is 4.90 Å². The van der Waals surface area contributed by atoms with Gasteiger partial charge in [0.25, 0.3) is 0 Å². The molecule has 2 aromatic heterocycles. The molecular formula is C19H29N5S2. The molecule has 26 heavy (non-hydrogen) atoms. The molecular weight excluding hydrogens is 362 g/mol. The summed E-state index contributed by atoms with van der Waals surface area (Å²) in [7, 11) is 0. The molecule has 5 nitrogen and oxygen atoms in total. The van der Waals surface area contributed by atoms with Crippen LogP contribution in [0.5, 0.6) is 0 Å². The van der Waals surface area contributed by atoms with Gasteiger partial charge in [0.2, 0.25) is 0 Å². The zero-order chi connectivity index (χ0) is 18.4. The van der Waals surface area contributed by atoms with Crippen LogP contribution >= 0.6 is 22.7 Å². The predicted molar refractivity (Wildman–Crippen MR) is 112 cm³/mol. The molecule has 0 amide bonds. The Balaban J connectivity index is 1.66. The number of thiophene rings is 1. The Labute approximate surface area is 164 Å². The lowest BCUT2D eigenvalue weighted by molar-refractivity contribution is 0.249. The molecule has 1 saturated heterocycles. The summed E-state index contributed by atoms with van der Waals surface area (Å²) in [5, 5.41) is 10.2. The molecule has 7 heteroatoms. The summed E-state index contributed by atoms with van der Waals surface area (Å²) in [6.07, 6.45) is 2.61. The second kappa shape index (κ2) is 9.48. The van der Waals surface area contributed by atoms with E-state index in [0.29, 0.717) is 12.6 Å². The minimum atomic E-state index is 0.425. The predicted octanol–water partition coefficient (Wildman–Crippen LogP) is 3.71. The Kier molecular flexibility index (Phi) is 7.05. The quantitative estimate of drug-likeness (QED) is 0.558. The first-order valence-corrected chi connectivity index (χ1v) is 11.1. The van der Waals surface area contributed by atoms with Gasteiger partial charge in [0.15, 0.2) is 5.96 Å². The fraction of sp³-hybridized carbons (Fsp3) is 0.579. The van der Waals surface area contributed by atoms with Gasteiger partial charge < -0.3 is 10.6 Å². The van der Waals surface area contributed by atoms with Crippen LogP contribution in [0.15, 0.2) is 22.5 Å². The van der Waals surface area contributed by atoms with Crippen molar-refractivity contribution in [1.29, 1.82) is 0 Å². The number of likely N-dealkylation sites (tertiary alicyclic amines) is 1. The number of aryl methyl sites for hydroxylation is 2. The van der Waals surface area contributed by atoms with Crippen LogP contribution in [0.2, 0.25) is 0 Å².